The van der Waals surface area contributed by atoms with Crippen molar-refractivity contribution >= 4 is 11.7 Å². The predicted octanol–water partition coefficient (Wildman–Crippen LogP) is 1.56. The number of carbonyl (C=O) groups excluding carboxylic acids is 1. The van der Waals surface area contributed by atoms with Crippen molar-refractivity contribution in [3.63, 3.8) is 0 Å². The van der Waals surface area contributed by atoms with E-state index in [9.17, 15) is 4.79 Å². The highest BCUT2D eigenvalue weighted by Gasteiger charge is 2.24. The Morgan fingerprint density at radius 1 is 1.32 bits per heavy atom. The molecule has 0 atom stereocenters. The molecule has 0 fully saturated rings. The van der Waals surface area contributed by atoms with Crippen LogP contribution in [-0.2, 0) is 6.54 Å². The third-order valence-corrected chi connectivity index (χ3v) is 4.06. The molecule has 3 heterocycles. The highest BCUT2D eigenvalue weighted by molar-refractivity contribution is 5.90. The lowest BCUT2D eigenvalue weighted by Gasteiger charge is -2.26. The van der Waals surface area contributed by atoms with Crippen LogP contribution >= 0.6 is 0 Å². The van der Waals surface area contributed by atoms with Gasteiger partial charge in [0.2, 0.25) is 5.82 Å². The first-order valence-electron chi connectivity index (χ1n) is 8.01. The van der Waals surface area contributed by atoms with Crippen molar-refractivity contribution in [3.05, 3.63) is 48.0 Å². The summed E-state index contributed by atoms with van der Waals surface area (Å²) in [6, 6.07) is 7.41. The quantitative estimate of drug-likeness (QED) is 0.705. The van der Waals surface area contributed by atoms with Crippen LogP contribution in [0.1, 0.15) is 22.6 Å². The fourth-order valence-corrected chi connectivity index (χ4v) is 2.86. The third kappa shape index (κ3) is 2.86. The first kappa shape index (κ1) is 15.4. The highest BCUT2D eigenvalue weighted by Crippen LogP contribution is 2.33. The van der Waals surface area contributed by atoms with Crippen LogP contribution in [0.25, 0.3) is 5.78 Å². The van der Waals surface area contributed by atoms with Crippen LogP contribution < -0.4 is 9.47 Å². The first-order valence-corrected chi connectivity index (χ1v) is 8.01. The summed E-state index contributed by atoms with van der Waals surface area (Å²) < 4.78 is 12.7. The van der Waals surface area contributed by atoms with E-state index in [1.165, 1.54) is 4.52 Å². The van der Waals surface area contributed by atoms with Crippen LogP contribution in [-0.4, -0.2) is 50.7 Å². The minimum atomic E-state index is -0.221. The molecule has 3 aromatic rings. The number of fused-ring (bicyclic) bond motifs is 2. The van der Waals surface area contributed by atoms with Gasteiger partial charge in [0.25, 0.3) is 11.7 Å². The predicted molar refractivity (Wildman–Crippen MR) is 88.6 cm³/mol. The van der Waals surface area contributed by atoms with E-state index in [4.69, 9.17) is 9.47 Å². The van der Waals surface area contributed by atoms with Crippen molar-refractivity contribution in [2.45, 2.75) is 13.0 Å². The standard InChI is InChI=1S/C17H17N5O3/c1-24-13-6-2-5-12-11-21(8-4-10-25-14(12)13)16(23)15-19-17-18-7-3-9-22(17)20-15/h2-3,5-7,9H,4,8,10-11H2,1H3. The Labute approximate surface area is 144 Å². The van der Waals surface area contributed by atoms with Gasteiger partial charge in [0.15, 0.2) is 11.5 Å². The molecule has 0 radical (unpaired) electrons. The van der Waals surface area contributed by atoms with Gasteiger partial charge in [-0.25, -0.2) is 9.50 Å². The molecule has 1 aromatic carbocycles. The summed E-state index contributed by atoms with van der Waals surface area (Å²) in [5.74, 6) is 1.68. The summed E-state index contributed by atoms with van der Waals surface area (Å²) in [7, 11) is 1.61. The largest absolute Gasteiger partial charge is 0.493 e. The van der Waals surface area contributed by atoms with Crippen LogP contribution in [0.3, 0.4) is 0 Å². The number of rotatable bonds is 2. The summed E-state index contributed by atoms with van der Waals surface area (Å²) in [6.07, 6.45) is 4.05. The Morgan fingerprint density at radius 2 is 2.24 bits per heavy atom. The molecule has 1 aliphatic heterocycles. The van der Waals surface area contributed by atoms with Gasteiger partial charge in [0, 0.05) is 31.0 Å². The number of nitrogens with zero attached hydrogens (tertiary/aromatic N) is 5. The van der Waals surface area contributed by atoms with Crippen LogP contribution in [0, 0.1) is 0 Å². The molecule has 1 amide bonds. The van der Waals surface area contributed by atoms with Crippen LogP contribution in [0.4, 0.5) is 0 Å². The van der Waals surface area contributed by atoms with Gasteiger partial charge in [-0.3, -0.25) is 4.79 Å². The van der Waals surface area contributed by atoms with Gasteiger partial charge in [0.1, 0.15) is 0 Å². The smallest absolute Gasteiger partial charge is 0.293 e. The molecule has 0 aliphatic carbocycles. The number of amides is 1. The summed E-state index contributed by atoms with van der Waals surface area (Å²) in [5, 5.41) is 4.23. The van der Waals surface area contributed by atoms with E-state index in [1.54, 1.807) is 30.5 Å². The summed E-state index contributed by atoms with van der Waals surface area (Å²) in [6.45, 7) is 1.49. The molecule has 25 heavy (non-hydrogen) atoms. The molecule has 4 rings (SSSR count). The van der Waals surface area contributed by atoms with Gasteiger partial charge in [-0.15, -0.1) is 5.10 Å². The molecule has 0 spiro atoms. The molecule has 8 nitrogen and oxygen atoms in total. The average molecular weight is 339 g/mol. The molecule has 2 aromatic heterocycles. The van der Waals surface area contributed by atoms with E-state index in [0.717, 1.165) is 12.0 Å². The monoisotopic (exact) mass is 339 g/mol. The zero-order valence-corrected chi connectivity index (χ0v) is 13.8. The third-order valence-electron chi connectivity index (χ3n) is 4.06. The lowest BCUT2D eigenvalue weighted by Crippen LogP contribution is -2.34. The molecule has 0 N–H and O–H groups in total. The molecule has 0 saturated heterocycles. The average Bonchev–Trinajstić information content (AvgIpc) is 3.05. The van der Waals surface area contributed by atoms with Crippen LogP contribution in [0.2, 0.25) is 0 Å². The molecule has 0 bridgehead atoms. The number of carbonyl (C=O) groups is 1. The van der Waals surface area contributed by atoms with Gasteiger partial charge < -0.3 is 14.4 Å². The molecule has 8 heteroatoms. The van der Waals surface area contributed by atoms with Gasteiger partial charge in [-0.1, -0.05) is 12.1 Å². The number of hydrogen-bond donors (Lipinski definition) is 0. The van der Waals surface area contributed by atoms with Gasteiger partial charge in [-0.05, 0) is 18.6 Å². The zero-order valence-electron chi connectivity index (χ0n) is 13.8. The van der Waals surface area contributed by atoms with Crippen molar-refractivity contribution in [1.82, 2.24) is 24.5 Å². The fraction of sp³-hybridized carbons (Fsp3) is 0.294. The van der Waals surface area contributed by atoms with Crippen LogP contribution in [0.15, 0.2) is 36.7 Å². The second kappa shape index (κ2) is 6.39. The molecule has 0 unspecified atom stereocenters. The van der Waals surface area contributed by atoms with E-state index >= 15 is 0 Å². The Hall–Kier alpha value is -3.16. The Kier molecular flexibility index (Phi) is 3.93. The molecule has 1 aliphatic rings. The van der Waals surface area contributed by atoms with Crippen molar-refractivity contribution in [3.8, 4) is 11.5 Å². The second-order valence-corrected chi connectivity index (χ2v) is 5.68. The molecule has 128 valence electrons. The maximum atomic E-state index is 12.9. The summed E-state index contributed by atoms with van der Waals surface area (Å²) >= 11 is 0. The molecular weight excluding hydrogens is 322 g/mol. The van der Waals surface area contributed by atoms with E-state index < -0.39 is 0 Å². The number of ether oxygens (including phenoxy) is 2. The summed E-state index contributed by atoms with van der Waals surface area (Å²) in [5.41, 5.74) is 0.897. The topological polar surface area (TPSA) is 81.9 Å². The van der Waals surface area contributed by atoms with E-state index in [1.807, 2.05) is 18.2 Å². The van der Waals surface area contributed by atoms with E-state index in [0.29, 0.717) is 37.0 Å². The minimum absolute atomic E-state index is 0.143. The number of benzene rings is 1. The maximum absolute atomic E-state index is 12.9. The lowest BCUT2D eigenvalue weighted by atomic mass is 10.1. The van der Waals surface area contributed by atoms with E-state index in [2.05, 4.69) is 15.1 Å². The number of methoxy groups -OCH3 is 1. The molecular formula is C17H17N5O3. The lowest BCUT2D eigenvalue weighted by molar-refractivity contribution is 0.0709. The Balaban J connectivity index is 1.66. The Morgan fingerprint density at radius 3 is 3.08 bits per heavy atom. The zero-order chi connectivity index (χ0) is 17.2. The first-order chi connectivity index (χ1) is 12.3. The Bertz CT molecular complexity index is 891. The van der Waals surface area contributed by atoms with Gasteiger partial charge >= 0.3 is 0 Å². The number of para-hydroxylation sites is 1. The minimum Gasteiger partial charge on any atom is -0.493 e. The van der Waals surface area contributed by atoms with Crippen molar-refractivity contribution in [2.24, 2.45) is 0 Å². The normalized spacial score (nSPS) is 14.4. The van der Waals surface area contributed by atoms with Gasteiger partial charge in [-0.2, -0.15) is 4.98 Å². The second-order valence-electron chi connectivity index (χ2n) is 5.68. The van der Waals surface area contributed by atoms with Crippen LogP contribution in [0.5, 0.6) is 11.5 Å². The fourth-order valence-electron chi connectivity index (χ4n) is 2.86. The number of hydrogen-bond acceptors (Lipinski definition) is 6. The van der Waals surface area contributed by atoms with Crippen molar-refractivity contribution in [1.29, 1.82) is 0 Å². The number of aromatic nitrogens is 4. The highest BCUT2D eigenvalue weighted by atomic mass is 16.5. The SMILES string of the molecule is COc1cccc2c1OCCCN(C(=O)c1nc3ncccn3n1)C2. The van der Waals surface area contributed by atoms with Crippen molar-refractivity contribution in [2.75, 3.05) is 20.3 Å². The van der Waals surface area contributed by atoms with Gasteiger partial charge in [0.05, 0.1) is 13.7 Å². The van der Waals surface area contributed by atoms with E-state index in [-0.39, 0.29) is 11.7 Å². The summed E-state index contributed by atoms with van der Waals surface area (Å²) in [4.78, 5) is 22.9. The molecule has 0 saturated carbocycles. The maximum Gasteiger partial charge on any atom is 0.293 e. The van der Waals surface area contributed by atoms with Crippen molar-refractivity contribution < 1.29 is 14.3 Å².